The topological polar surface area (TPSA) is 48.5 Å². The average molecular weight is 790 g/mol. The molecule has 5 nitrogen and oxygen atoms in total. The van der Waals surface area contributed by atoms with Gasteiger partial charge in [-0.15, -0.1) is 0 Å². The van der Waals surface area contributed by atoms with Gasteiger partial charge in [-0.1, -0.05) is 158 Å². The normalized spacial score (nSPS) is 11.9. The van der Waals surface area contributed by atoms with Crippen LogP contribution in [0.15, 0.2) is 212 Å². The van der Waals surface area contributed by atoms with Crippen molar-refractivity contribution >= 4 is 75.9 Å². The molecule has 0 N–H and O–H groups in total. The van der Waals surface area contributed by atoms with Crippen LogP contribution in [-0.4, -0.2) is 24.1 Å². The van der Waals surface area contributed by atoms with Crippen LogP contribution in [0.25, 0.3) is 121 Å². The fraction of sp³-hybridized carbons (Fsp3) is 0. The Labute approximate surface area is 356 Å². The molecule has 13 rings (SSSR count). The number of para-hydroxylation sites is 2. The van der Waals surface area contributed by atoms with Crippen LogP contribution in [0.1, 0.15) is 0 Å². The molecule has 3 aromatic heterocycles. The largest absolute Gasteiger partial charge is 0.309 e. The highest BCUT2D eigenvalue weighted by Crippen LogP contribution is 2.42. The Morgan fingerprint density at radius 3 is 1.55 bits per heavy atom. The van der Waals surface area contributed by atoms with Crippen LogP contribution >= 0.6 is 0 Å². The van der Waals surface area contributed by atoms with Gasteiger partial charge in [0.1, 0.15) is 0 Å². The van der Waals surface area contributed by atoms with Gasteiger partial charge in [0.2, 0.25) is 0 Å². The van der Waals surface area contributed by atoms with Crippen molar-refractivity contribution in [2.24, 2.45) is 0 Å². The highest BCUT2D eigenvalue weighted by molar-refractivity contribution is 6.16. The van der Waals surface area contributed by atoms with E-state index < -0.39 is 0 Å². The summed E-state index contributed by atoms with van der Waals surface area (Å²) in [5.41, 5.74) is 9.52. The number of fused-ring (bicyclic) bond motifs is 9. The third-order valence-corrected chi connectivity index (χ3v) is 12.5. The van der Waals surface area contributed by atoms with Crippen LogP contribution in [0.5, 0.6) is 0 Å². The first-order valence-electron chi connectivity index (χ1n) is 21.0. The molecule has 0 spiro atoms. The third-order valence-electron chi connectivity index (χ3n) is 12.5. The van der Waals surface area contributed by atoms with Crippen molar-refractivity contribution in [1.29, 1.82) is 0 Å². The third kappa shape index (κ3) is 5.32. The molecule has 0 saturated carbocycles. The maximum Gasteiger partial charge on any atom is 0.166 e. The Hall–Kier alpha value is -8.41. The molecule has 0 bridgehead atoms. The lowest BCUT2D eigenvalue weighted by Gasteiger charge is -2.18. The molecule has 288 valence electrons. The minimum Gasteiger partial charge on any atom is -0.309 e. The monoisotopic (exact) mass is 789 g/mol. The smallest absolute Gasteiger partial charge is 0.166 e. The highest BCUT2D eigenvalue weighted by atomic mass is 15.1. The molecule has 0 aliphatic heterocycles. The summed E-state index contributed by atoms with van der Waals surface area (Å²) in [6.07, 6.45) is 0. The molecule has 13 aromatic rings. The van der Waals surface area contributed by atoms with Crippen molar-refractivity contribution in [3.8, 4) is 45.5 Å². The summed E-state index contributed by atoms with van der Waals surface area (Å²) in [5, 5.41) is 11.8. The number of hydrogen-bond donors (Lipinski definition) is 0. The van der Waals surface area contributed by atoms with Crippen molar-refractivity contribution in [3.05, 3.63) is 212 Å². The maximum absolute atomic E-state index is 5.36. The molecule has 0 unspecified atom stereocenters. The first-order chi connectivity index (χ1) is 30.7. The average Bonchev–Trinajstić information content (AvgIpc) is 3.84. The molecule has 0 saturated heterocycles. The van der Waals surface area contributed by atoms with Crippen molar-refractivity contribution < 1.29 is 0 Å². The van der Waals surface area contributed by atoms with Crippen molar-refractivity contribution in [2.45, 2.75) is 0 Å². The Balaban J connectivity index is 1.13. The molecular weight excluding hydrogens is 755 g/mol. The number of rotatable bonds is 5. The van der Waals surface area contributed by atoms with E-state index in [0.717, 1.165) is 55.3 Å². The van der Waals surface area contributed by atoms with Crippen molar-refractivity contribution in [1.82, 2.24) is 24.1 Å². The molecule has 0 amide bonds. The summed E-state index contributed by atoms with van der Waals surface area (Å²) in [6.45, 7) is 0. The SMILES string of the molecule is c1ccc(-c2nc(-c3ccc4ccccc4c3)nc(-c3ccc4ccccc4c3-n3c4ccc(-n5c6ccccc6c6ccccc65)cc4c4cc5ccccc5cc43)n2)cc1. The number of nitrogens with zero attached hydrogens (tertiary/aromatic N) is 5. The summed E-state index contributed by atoms with van der Waals surface area (Å²) in [7, 11) is 0. The van der Waals surface area contributed by atoms with E-state index in [-0.39, 0.29) is 0 Å². The Morgan fingerprint density at radius 1 is 0.274 bits per heavy atom. The van der Waals surface area contributed by atoms with Gasteiger partial charge < -0.3 is 9.13 Å². The van der Waals surface area contributed by atoms with Gasteiger partial charge >= 0.3 is 0 Å². The van der Waals surface area contributed by atoms with E-state index in [0.29, 0.717) is 17.5 Å². The zero-order valence-electron chi connectivity index (χ0n) is 33.4. The second kappa shape index (κ2) is 13.6. The zero-order chi connectivity index (χ0) is 40.7. The molecule has 0 aliphatic carbocycles. The second-order valence-electron chi connectivity index (χ2n) is 16.0. The van der Waals surface area contributed by atoms with Gasteiger partial charge in [-0.2, -0.15) is 0 Å². The molecule has 62 heavy (non-hydrogen) atoms. The molecule has 0 atom stereocenters. The maximum atomic E-state index is 5.36. The van der Waals surface area contributed by atoms with Crippen LogP contribution in [0, 0.1) is 0 Å². The predicted octanol–water partition coefficient (Wildman–Crippen LogP) is 14.5. The summed E-state index contributed by atoms with van der Waals surface area (Å²) in [5.74, 6) is 1.87. The van der Waals surface area contributed by atoms with Gasteiger partial charge in [-0.25, -0.2) is 15.0 Å². The zero-order valence-corrected chi connectivity index (χ0v) is 33.4. The van der Waals surface area contributed by atoms with E-state index in [1.807, 2.05) is 18.2 Å². The van der Waals surface area contributed by atoms with E-state index in [4.69, 9.17) is 15.0 Å². The van der Waals surface area contributed by atoms with Crippen LogP contribution < -0.4 is 0 Å². The highest BCUT2D eigenvalue weighted by Gasteiger charge is 2.23. The van der Waals surface area contributed by atoms with Gasteiger partial charge in [0.05, 0.1) is 27.8 Å². The standard InChI is InChI=1S/C57H35N5/c1-2-16-38(17-3-1)55-58-56(42-27-26-36-14-4-5-18-39(36)32-42)60-57(59-55)47-30-28-37-15-8-9-21-44(37)54(47)62-52-31-29-43(35-49(52)48-33-40-19-6-7-20-41(40)34-53(48)62)61-50-24-12-10-22-45(50)46-23-11-13-25-51(46)61/h1-35H. The van der Waals surface area contributed by atoms with Crippen molar-refractivity contribution in [2.75, 3.05) is 0 Å². The lowest BCUT2D eigenvalue weighted by molar-refractivity contribution is 1.07. The van der Waals surface area contributed by atoms with Crippen LogP contribution in [0.2, 0.25) is 0 Å². The minimum absolute atomic E-state index is 0.612. The summed E-state index contributed by atoms with van der Waals surface area (Å²) >= 11 is 0. The lowest BCUT2D eigenvalue weighted by Crippen LogP contribution is -2.04. The van der Waals surface area contributed by atoms with E-state index in [9.17, 15) is 0 Å². The van der Waals surface area contributed by atoms with Crippen molar-refractivity contribution in [3.63, 3.8) is 0 Å². The molecule has 5 heteroatoms. The quantitative estimate of drug-likeness (QED) is 0.174. The minimum atomic E-state index is 0.612. The van der Waals surface area contributed by atoms with Crippen LogP contribution in [-0.2, 0) is 0 Å². The van der Waals surface area contributed by atoms with E-state index in [1.54, 1.807) is 0 Å². The Bertz CT molecular complexity index is 3880. The Kier molecular flexibility index (Phi) is 7.54. The predicted molar refractivity (Wildman–Crippen MR) is 257 cm³/mol. The van der Waals surface area contributed by atoms with Gasteiger partial charge in [0.15, 0.2) is 17.5 Å². The first-order valence-corrected chi connectivity index (χ1v) is 21.0. The van der Waals surface area contributed by atoms with Gasteiger partial charge in [-0.05, 0) is 81.5 Å². The summed E-state index contributed by atoms with van der Waals surface area (Å²) in [6, 6.07) is 75.8. The summed E-state index contributed by atoms with van der Waals surface area (Å²) < 4.78 is 4.86. The van der Waals surface area contributed by atoms with E-state index in [1.165, 1.54) is 48.7 Å². The van der Waals surface area contributed by atoms with E-state index in [2.05, 4.69) is 203 Å². The van der Waals surface area contributed by atoms with Gasteiger partial charge in [-0.3, -0.25) is 0 Å². The van der Waals surface area contributed by atoms with Gasteiger partial charge in [0, 0.05) is 49.3 Å². The molecule has 0 aliphatic rings. The lowest BCUT2D eigenvalue weighted by atomic mass is 10.0. The molecule has 0 fully saturated rings. The second-order valence-corrected chi connectivity index (χ2v) is 16.0. The summed E-state index contributed by atoms with van der Waals surface area (Å²) in [4.78, 5) is 15.8. The van der Waals surface area contributed by atoms with Crippen LogP contribution in [0.4, 0.5) is 0 Å². The molecule has 0 radical (unpaired) electrons. The Morgan fingerprint density at radius 2 is 0.806 bits per heavy atom. The number of aromatic nitrogens is 5. The first kappa shape index (κ1) is 34.5. The number of hydrogen-bond acceptors (Lipinski definition) is 3. The van der Waals surface area contributed by atoms with E-state index >= 15 is 0 Å². The fourth-order valence-electron chi connectivity index (χ4n) is 9.62. The molecule has 10 aromatic carbocycles. The fourth-order valence-corrected chi connectivity index (χ4v) is 9.62. The molecule has 3 heterocycles. The van der Waals surface area contributed by atoms with Gasteiger partial charge in [0.25, 0.3) is 0 Å². The molecular formula is C57H35N5. The number of benzene rings is 10. The van der Waals surface area contributed by atoms with Crippen LogP contribution in [0.3, 0.4) is 0 Å².